The molecule has 0 saturated heterocycles. The van der Waals surface area contributed by atoms with Gasteiger partial charge in [-0.2, -0.15) is 8.42 Å². The molecule has 0 bridgehead atoms. The molecule has 0 spiro atoms. The largest absolute Gasteiger partial charge is 0 e. The van der Waals surface area contributed by atoms with Crippen molar-refractivity contribution >= 4 is 48.1 Å². The van der Waals surface area contributed by atoms with E-state index in [1.807, 2.05) is 0 Å². The molecule has 0 unspecified atom stereocenters. The van der Waals surface area contributed by atoms with Gasteiger partial charge in [0.25, 0.3) is 0 Å². The first kappa shape index (κ1) is 15.9. The minimum atomic E-state index is -4.67. The van der Waals surface area contributed by atoms with Crippen LogP contribution in [0.3, 0.4) is 0 Å². The summed E-state index contributed by atoms with van der Waals surface area (Å²) in [6, 6.07) is 0. The third kappa shape index (κ3) is 81.4. The van der Waals surface area contributed by atoms with Crippen molar-refractivity contribution in [3.63, 3.8) is 0 Å². The number of rotatable bonds is 0. The molecule has 0 aromatic rings. The van der Waals surface area contributed by atoms with Gasteiger partial charge in [0.15, 0.2) is 0 Å². The summed E-state index contributed by atoms with van der Waals surface area (Å²) >= 11 is 0. The van der Waals surface area contributed by atoms with Crippen LogP contribution in [0.15, 0.2) is 0 Å². The van der Waals surface area contributed by atoms with Gasteiger partial charge < -0.3 is 0 Å². The van der Waals surface area contributed by atoms with Crippen molar-refractivity contribution in [2.45, 2.75) is 0 Å². The van der Waals surface area contributed by atoms with Crippen LogP contribution in [0, 0.1) is 0 Å². The molecule has 4 nitrogen and oxygen atoms in total. The molecule has 0 atom stereocenters. The molecule has 0 aromatic heterocycles. The van der Waals surface area contributed by atoms with Gasteiger partial charge in [-0.15, -0.1) is 0 Å². The summed E-state index contributed by atoms with van der Waals surface area (Å²) in [6.45, 7) is 0. The Hall–Kier alpha value is 1.79. The van der Waals surface area contributed by atoms with Gasteiger partial charge in [-0.05, 0) is 0 Å². The summed E-state index contributed by atoms with van der Waals surface area (Å²) in [4.78, 5) is 0. The summed E-state index contributed by atoms with van der Waals surface area (Å²) in [5.41, 5.74) is 0. The fraction of sp³-hybridized carbons (Fsp3) is 0. The van der Waals surface area contributed by atoms with Gasteiger partial charge in [-0.25, -0.2) is 0 Å². The van der Waals surface area contributed by atoms with Gasteiger partial charge in [0.1, 0.15) is 0 Å². The van der Waals surface area contributed by atoms with Gasteiger partial charge in [0, 0.05) is 20.4 Å². The van der Waals surface area contributed by atoms with Crippen LogP contribution >= 0.6 is 0 Å². The van der Waals surface area contributed by atoms with Crippen molar-refractivity contribution in [2.75, 3.05) is 0 Å². The van der Waals surface area contributed by atoms with Crippen LogP contribution in [-0.4, -0.2) is 55.3 Å². The molecule has 2 N–H and O–H groups in total. The van der Waals surface area contributed by atoms with Gasteiger partial charge in [0.2, 0.25) is 0 Å². The minimum Gasteiger partial charge on any atom is 0 e. The molecule has 0 aliphatic carbocycles. The molecule has 0 aliphatic heterocycles. The molecular weight excluding hydrogens is 243 g/mol. The molecular formula is H4CaO4PdS. The van der Waals surface area contributed by atoms with E-state index in [0.717, 1.165) is 0 Å². The third-order valence-electron chi connectivity index (χ3n) is 0. The van der Waals surface area contributed by atoms with E-state index in [1.54, 1.807) is 0 Å². The quantitative estimate of drug-likeness (QED) is 0.400. The molecule has 0 saturated carbocycles. The number of hydrogen-bond acceptors (Lipinski definition) is 2. The van der Waals surface area contributed by atoms with E-state index in [1.165, 1.54) is 0 Å². The van der Waals surface area contributed by atoms with Crippen LogP contribution in [0.1, 0.15) is 0 Å². The molecule has 0 aromatic carbocycles. The second kappa shape index (κ2) is 5.92. The van der Waals surface area contributed by atoms with Gasteiger partial charge in [-0.1, -0.05) is 0 Å². The van der Waals surface area contributed by atoms with Crippen LogP contribution < -0.4 is 0 Å². The second-order valence-corrected chi connectivity index (χ2v) is 1.34. The van der Waals surface area contributed by atoms with E-state index in [0.29, 0.717) is 0 Å². The first-order valence-corrected chi connectivity index (χ1v) is 2.10. The van der Waals surface area contributed by atoms with Crippen LogP contribution in [0.2, 0.25) is 0 Å². The van der Waals surface area contributed by atoms with Gasteiger partial charge >= 0.3 is 48.1 Å². The second-order valence-electron chi connectivity index (χ2n) is 0.448. The van der Waals surface area contributed by atoms with E-state index >= 15 is 0 Å². The van der Waals surface area contributed by atoms with E-state index in [4.69, 9.17) is 17.5 Å². The van der Waals surface area contributed by atoms with Crippen molar-refractivity contribution in [3.05, 3.63) is 0 Å². The Bertz CT molecular complexity index is 94.9. The van der Waals surface area contributed by atoms with Gasteiger partial charge in [-0.3, -0.25) is 9.11 Å². The third-order valence-corrected chi connectivity index (χ3v) is 0. The Balaban J connectivity index is -0.0000000800. The minimum absolute atomic E-state index is 0. The molecule has 0 rings (SSSR count). The zero-order valence-corrected chi connectivity index (χ0v) is 4.81. The molecule has 0 radical (unpaired) electrons. The molecule has 0 fully saturated rings. The van der Waals surface area contributed by atoms with E-state index in [9.17, 15) is 0 Å². The Labute approximate surface area is 84.9 Å². The zero-order valence-electron chi connectivity index (χ0n) is 2.44. The Morgan fingerprint density at radius 3 is 1.14 bits per heavy atom. The van der Waals surface area contributed by atoms with Crippen LogP contribution in [0.5, 0.6) is 0 Å². The molecule has 7 heavy (non-hydrogen) atoms. The summed E-state index contributed by atoms with van der Waals surface area (Å²) in [5, 5.41) is 0. The molecule has 46 valence electrons. The van der Waals surface area contributed by atoms with Crippen LogP contribution in [-0.2, 0) is 30.8 Å². The van der Waals surface area contributed by atoms with Crippen molar-refractivity contribution in [3.8, 4) is 0 Å². The predicted molar refractivity (Wildman–Crippen MR) is 22.7 cm³/mol. The Morgan fingerprint density at radius 2 is 1.14 bits per heavy atom. The summed E-state index contributed by atoms with van der Waals surface area (Å²) in [7, 11) is -4.67. The SMILES string of the molecule is O=S(=O)(O)O.[CaH2].[Pd]. The first-order chi connectivity index (χ1) is 2.00. The van der Waals surface area contributed by atoms with Crippen LogP contribution in [0.4, 0.5) is 0 Å². The van der Waals surface area contributed by atoms with Crippen LogP contribution in [0.25, 0.3) is 0 Å². The maximum absolute atomic E-state index is 8.74. The average Bonchev–Trinajstić information content (AvgIpc) is 0.722. The standard InChI is InChI=1S/Ca.H2O4S.Pd.2H/c;1-5(2,3)4;;;/h;(H2,1,2,3,4);;;. The summed E-state index contributed by atoms with van der Waals surface area (Å²) in [6.07, 6.45) is 0. The molecule has 0 heterocycles. The summed E-state index contributed by atoms with van der Waals surface area (Å²) in [5.74, 6) is 0. The maximum Gasteiger partial charge on any atom is 0 e. The average molecular weight is 247 g/mol. The van der Waals surface area contributed by atoms with Crippen molar-refractivity contribution in [2.24, 2.45) is 0 Å². The Kier molecular flexibility index (Phi) is 13.5. The molecule has 0 amide bonds. The van der Waals surface area contributed by atoms with Crippen molar-refractivity contribution in [1.29, 1.82) is 0 Å². The van der Waals surface area contributed by atoms with E-state index in [2.05, 4.69) is 0 Å². The Morgan fingerprint density at radius 1 is 1.14 bits per heavy atom. The zero-order chi connectivity index (χ0) is 4.50. The number of hydrogen-bond donors (Lipinski definition) is 2. The van der Waals surface area contributed by atoms with Gasteiger partial charge in [0.05, 0.1) is 0 Å². The van der Waals surface area contributed by atoms with E-state index in [-0.39, 0.29) is 58.2 Å². The normalized spacial score (nSPS) is 8.29. The monoisotopic (exact) mass is 246 g/mol. The fourth-order valence-electron chi connectivity index (χ4n) is 0. The first-order valence-electron chi connectivity index (χ1n) is 0.698. The van der Waals surface area contributed by atoms with Crippen molar-refractivity contribution < 1.29 is 37.9 Å². The molecule has 7 heteroatoms. The van der Waals surface area contributed by atoms with E-state index < -0.39 is 10.4 Å². The fourth-order valence-corrected chi connectivity index (χ4v) is 0. The summed E-state index contributed by atoms with van der Waals surface area (Å²) < 4.78 is 31.6. The maximum atomic E-state index is 8.74. The predicted octanol–water partition coefficient (Wildman–Crippen LogP) is -1.57. The molecule has 0 aliphatic rings. The van der Waals surface area contributed by atoms with Crippen molar-refractivity contribution in [1.82, 2.24) is 0 Å². The topological polar surface area (TPSA) is 74.6 Å². The smallest absolute Gasteiger partial charge is 0 e.